The number of ether oxygens (including phenoxy) is 2. The molecule has 1 saturated heterocycles. The number of hydrogen-bond donors (Lipinski definition) is 1. The Labute approximate surface area is 112 Å². The molecule has 0 spiro atoms. The highest BCUT2D eigenvalue weighted by atomic mass is 16.5. The van der Waals surface area contributed by atoms with Crippen LogP contribution in [0.2, 0.25) is 0 Å². The van der Waals surface area contributed by atoms with Crippen molar-refractivity contribution >= 4 is 5.91 Å². The standard InChI is InChI=1S/C14H19NO4/c1-18-13-8-11(9-16)4-5-12(13)19-10-14(17)15-6-2-3-7-15/h4-5,8,16H,2-3,6-7,9-10H2,1H3. The Hall–Kier alpha value is -1.75. The Kier molecular flexibility index (Phi) is 4.63. The van der Waals surface area contributed by atoms with Crippen molar-refractivity contribution < 1.29 is 19.4 Å². The lowest BCUT2D eigenvalue weighted by Crippen LogP contribution is -2.32. The van der Waals surface area contributed by atoms with Crippen LogP contribution in [0.5, 0.6) is 11.5 Å². The molecule has 5 heteroatoms. The molecule has 1 aromatic rings. The van der Waals surface area contributed by atoms with Gasteiger partial charge in [-0.25, -0.2) is 0 Å². The van der Waals surface area contributed by atoms with Gasteiger partial charge in [-0.05, 0) is 30.5 Å². The Balaban J connectivity index is 1.96. The average molecular weight is 265 g/mol. The van der Waals surface area contributed by atoms with E-state index in [9.17, 15) is 4.79 Å². The Morgan fingerprint density at radius 1 is 1.32 bits per heavy atom. The average Bonchev–Trinajstić information content (AvgIpc) is 2.98. The SMILES string of the molecule is COc1cc(CO)ccc1OCC(=O)N1CCCC1. The van der Waals surface area contributed by atoms with Crippen molar-refractivity contribution in [3.05, 3.63) is 23.8 Å². The predicted molar refractivity (Wildman–Crippen MR) is 70.2 cm³/mol. The lowest BCUT2D eigenvalue weighted by Gasteiger charge is -2.16. The zero-order valence-electron chi connectivity index (χ0n) is 11.1. The lowest BCUT2D eigenvalue weighted by molar-refractivity contribution is -0.132. The van der Waals surface area contributed by atoms with Crippen LogP contribution in [0.1, 0.15) is 18.4 Å². The third-order valence-corrected chi connectivity index (χ3v) is 3.22. The van der Waals surface area contributed by atoms with E-state index in [1.165, 1.54) is 7.11 Å². The van der Waals surface area contributed by atoms with Crippen LogP contribution in [0.25, 0.3) is 0 Å². The smallest absolute Gasteiger partial charge is 0.260 e. The van der Waals surface area contributed by atoms with Gasteiger partial charge in [0.1, 0.15) is 0 Å². The van der Waals surface area contributed by atoms with Crippen molar-refractivity contribution in [2.24, 2.45) is 0 Å². The third-order valence-electron chi connectivity index (χ3n) is 3.22. The number of carbonyl (C=O) groups is 1. The summed E-state index contributed by atoms with van der Waals surface area (Å²) in [4.78, 5) is 13.7. The zero-order valence-corrected chi connectivity index (χ0v) is 11.1. The van der Waals surface area contributed by atoms with E-state index in [0.29, 0.717) is 11.5 Å². The first kappa shape index (κ1) is 13.7. The number of hydrogen-bond acceptors (Lipinski definition) is 4. The van der Waals surface area contributed by atoms with Gasteiger partial charge in [0.05, 0.1) is 13.7 Å². The molecule has 0 bridgehead atoms. The van der Waals surface area contributed by atoms with Crippen molar-refractivity contribution in [2.75, 3.05) is 26.8 Å². The van der Waals surface area contributed by atoms with Crippen LogP contribution in [0.15, 0.2) is 18.2 Å². The van der Waals surface area contributed by atoms with Gasteiger partial charge in [-0.1, -0.05) is 6.07 Å². The second kappa shape index (κ2) is 6.43. The lowest BCUT2D eigenvalue weighted by atomic mass is 10.2. The molecular weight excluding hydrogens is 246 g/mol. The van der Waals surface area contributed by atoms with E-state index in [0.717, 1.165) is 31.5 Å². The minimum Gasteiger partial charge on any atom is -0.493 e. The van der Waals surface area contributed by atoms with E-state index in [1.54, 1.807) is 18.2 Å². The van der Waals surface area contributed by atoms with Crippen molar-refractivity contribution in [3.8, 4) is 11.5 Å². The summed E-state index contributed by atoms with van der Waals surface area (Å²) in [6, 6.07) is 5.16. The second-order valence-electron chi connectivity index (χ2n) is 4.52. The molecular formula is C14H19NO4. The van der Waals surface area contributed by atoms with Crippen LogP contribution in [0.4, 0.5) is 0 Å². The van der Waals surface area contributed by atoms with Crippen molar-refractivity contribution in [1.29, 1.82) is 0 Å². The second-order valence-corrected chi connectivity index (χ2v) is 4.52. The van der Waals surface area contributed by atoms with E-state index >= 15 is 0 Å². The molecule has 0 radical (unpaired) electrons. The van der Waals surface area contributed by atoms with Gasteiger partial charge in [-0.15, -0.1) is 0 Å². The maximum Gasteiger partial charge on any atom is 0.260 e. The Morgan fingerprint density at radius 3 is 2.68 bits per heavy atom. The molecule has 1 N–H and O–H groups in total. The van der Waals surface area contributed by atoms with Crippen molar-refractivity contribution in [2.45, 2.75) is 19.4 Å². The summed E-state index contributed by atoms with van der Waals surface area (Å²) < 4.78 is 10.7. The summed E-state index contributed by atoms with van der Waals surface area (Å²) in [6.45, 7) is 1.61. The van der Waals surface area contributed by atoms with Crippen LogP contribution in [0.3, 0.4) is 0 Å². The fourth-order valence-electron chi connectivity index (χ4n) is 2.13. The van der Waals surface area contributed by atoms with E-state index in [2.05, 4.69) is 0 Å². The van der Waals surface area contributed by atoms with Crippen molar-refractivity contribution in [1.82, 2.24) is 4.90 Å². The molecule has 5 nitrogen and oxygen atoms in total. The maximum absolute atomic E-state index is 11.9. The number of carbonyl (C=O) groups excluding carboxylic acids is 1. The summed E-state index contributed by atoms with van der Waals surface area (Å²) in [7, 11) is 1.53. The Bertz CT molecular complexity index is 441. The zero-order chi connectivity index (χ0) is 13.7. The predicted octanol–water partition coefficient (Wildman–Crippen LogP) is 1.19. The molecule has 104 valence electrons. The molecule has 0 saturated carbocycles. The molecule has 0 unspecified atom stereocenters. The molecule has 2 rings (SSSR count). The monoisotopic (exact) mass is 265 g/mol. The maximum atomic E-state index is 11.9. The number of methoxy groups -OCH3 is 1. The van der Waals surface area contributed by atoms with Gasteiger partial charge in [0.15, 0.2) is 18.1 Å². The summed E-state index contributed by atoms with van der Waals surface area (Å²) in [6.07, 6.45) is 2.14. The molecule has 0 aromatic heterocycles. The number of nitrogens with zero attached hydrogens (tertiary/aromatic N) is 1. The molecule has 0 aliphatic carbocycles. The first-order valence-corrected chi connectivity index (χ1v) is 6.43. The van der Waals surface area contributed by atoms with Crippen LogP contribution in [0, 0.1) is 0 Å². The molecule has 1 aliphatic heterocycles. The first-order chi connectivity index (χ1) is 9.24. The minimum atomic E-state index is -0.0522. The molecule has 1 aromatic carbocycles. The number of amides is 1. The van der Waals surface area contributed by atoms with Gasteiger partial charge in [-0.3, -0.25) is 4.79 Å². The first-order valence-electron chi connectivity index (χ1n) is 6.43. The van der Waals surface area contributed by atoms with Gasteiger partial charge < -0.3 is 19.5 Å². The number of rotatable bonds is 5. The fourth-order valence-corrected chi connectivity index (χ4v) is 2.13. The van der Waals surface area contributed by atoms with Gasteiger partial charge in [0, 0.05) is 13.1 Å². The molecule has 1 heterocycles. The van der Waals surface area contributed by atoms with Gasteiger partial charge >= 0.3 is 0 Å². The quantitative estimate of drug-likeness (QED) is 0.868. The fraction of sp³-hybridized carbons (Fsp3) is 0.500. The highest BCUT2D eigenvalue weighted by molar-refractivity contribution is 5.78. The molecule has 1 fully saturated rings. The Morgan fingerprint density at radius 2 is 2.05 bits per heavy atom. The number of likely N-dealkylation sites (tertiary alicyclic amines) is 1. The largest absolute Gasteiger partial charge is 0.493 e. The van der Waals surface area contributed by atoms with Gasteiger partial charge in [-0.2, -0.15) is 0 Å². The van der Waals surface area contributed by atoms with Crippen LogP contribution >= 0.6 is 0 Å². The molecule has 19 heavy (non-hydrogen) atoms. The van der Waals surface area contributed by atoms with E-state index < -0.39 is 0 Å². The van der Waals surface area contributed by atoms with E-state index in [-0.39, 0.29) is 19.1 Å². The van der Waals surface area contributed by atoms with E-state index in [4.69, 9.17) is 14.6 Å². The summed E-state index contributed by atoms with van der Waals surface area (Å²) >= 11 is 0. The highest BCUT2D eigenvalue weighted by Gasteiger charge is 2.18. The number of aliphatic hydroxyl groups is 1. The molecule has 1 amide bonds. The summed E-state index contributed by atoms with van der Waals surface area (Å²) in [5.74, 6) is 1.05. The van der Waals surface area contributed by atoms with Crippen molar-refractivity contribution in [3.63, 3.8) is 0 Å². The molecule has 0 atom stereocenters. The summed E-state index contributed by atoms with van der Waals surface area (Å²) in [5, 5.41) is 9.05. The van der Waals surface area contributed by atoms with Crippen LogP contribution in [-0.4, -0.2) is 42.7 Å². The van der Waals surface area contributed by atoms with Gasteiger partial charge in [0.2, 0.25) is 0 Å². The topological polar surface area (TPSA) is 59.0 Å². The highest BCUT2D eigenvalue weighted by Crippen LogP contribution is 2.28. The number of benzene rings is 1. The third kappa shape index (κ3) is 3.38. The molecule has 1 aliphatic rings. The normalized spacial score (nSPS) is 14.5. The van der Waals surface area contributed by atoms with Crippen LogP contribution in [-0.2, 0) is 11.4 Å². The number of aliphatic hydroxyl groups excluding tert-OH is 1. The van der Waals surface area contributed by atoms with E-state index in [1.807, 2.05) is 4.90 Å². The van der Waals surface area contributed by atoms with Gasteiger partial charge in [0.25, 0.3) is 5.91 Å². The minimum absolute atomic E-state index is 0.00536. The summed E-state index contributed by atoms with van der Waals surface area (Å²) in [5.41, 5.74) is 0.745. The van der Waals surface area contributed by atoms with Crippen LogP contribution < -0.4 is 9.47 Å².